The third-order valence-corrected chi connectivity index (χ3v) is 4.10. The van der Waals surface area contributed by atoms with Gasteiger partial charge in [-0.15, -0.1) is 0 Å². The summed E-state index contributed by atoms with van der Waals surface area (Å²) in [6.45, 7) is 0. The van der Waals surface area contributed by atoms with E-state index in [9.17, 15) is 14.4 Å². The molecule has 1 aromatic heterocycles. The Kier molecular flexibility index (Phi) is 6.67. The van der Waals surface area contributed by atoms with Crippen LogP contribution in [0.1, 0.15) is 23.2 Å². The Bertz CT molecular complexity index is 924. The smallest absolute Gasteiger partial charge is 0.269 e. The fourth-order valence-corrected chi connectivity index (χ4v) is 2.69. The van der Waals surface area contributed by atoms with E-state index >= 15 is 0 Å². The van der Waals surface area contributed by atoms with Gasteiger partial charge >= 0.3 is 0 Å². The molecule has 0 fully saturated rings. The van der Waals surface area contributed by atoms with Crippen LogP contribution in [0.15, 0.2) is 85.2 Å². The maximum absolute atomic E-state index is 12.9. The molecule has 0 bridgehead atoms. The second kappa shape index (κ2) is 9.80. The molecule has 146 valence electrons. The topological polar surface area (TPSA) is 91.4 Å². The lowest BCUT2D eigenvalue weighted by atomic mass is 10.2. The molecule has 0 saturated heterocycles. The van der Waals surface area contributed by atoms with Gasteiger partial charge in [-0.2, -0.15) is 0 Å². The van der Waals surface area contributed by atoms with Crippen molar-refractivity contribution in [1.29, 1.82) is 0 Å². The second-order valence-corrected chi connectivity index (χ2v) is 6.14. The summed E-state index contributed by atoms with van der Waals surface area (Å²) >= 11 is 0. The highest BCUT2D eigenvalue weighted by atomic mass is 16.2. The molecule has 0 radical (unpaired) electrons. The number of hydrogen-bond acceptors (Lipinski definition) is 4. The average molecular weight is 388 g/mol. The van der Waals surface area contributed by atoms with E-state index in [1.165, 1.54) is 24.5 Å². The highest BCUT2D eigenvalue weighted by Crippen LogP contribution is 2.26. The van der Waals surface area contributed by atoms with Crippen molar-refractivity contribution in [3.63, 3.8) is 0 Å². The van der Waals surface area contributed by atoms with Gasteiger partial charge in [-0.25, -0.2) is 0 Å². The number of amides is 3. The van der Waals surface area contributed by atoms with Gasteiger partial charge in [-0.3, -0.25) is 35.1 Å². The van der Waals surface area contributed by atoms with Gasteiger partial charge in [0.2, 0.25) is 11.8 Å². The van der Waals surface area contributed by atoms with Gasteiger partial charge in [0.1, 0.15) is 0 Å². The zero-order chi connectivity index (χ0) is 20.5. The maximum atomic E-state index is 12.9. The first-order valence-electron chi connectivity index (χ1n) is 9.07. The SMILES string of the molecule is O=C(CCC(=O)N(c1ccccc1)c1ccccc1)NNC(=O)c1ccncc1. The van der Waals surface area contributed by atoms with Crippen molar-refractivity contribution in [3.05, 3.63) is 90.8 Å². The van der Waals surface area contributed by atoms with Crippen LogP contribution in [0.2, 0.25) is 0 Å². The predicted molar refractivity (Wildman–Crippen MR) is 109 cm³/mol. The number of rotatable bonds is 6. The number of anilines is 2. The van der Waals surface area contributed by atoms with E-state index < -0.39 is 11.8 Å². The summed E-state index contributed by atoms with van der Waals surface area (Å²) < 4.78 is 0. The van der Waals surface area contributed by atoms with E-state index in [0.717, 1.165) is 11.4 Å². The van der Waals surface area contributed by atoms with Crippen LogP contribution in [0.5, 0.6) is 0 Å². The fraction of sp³-hybridized carbons (Fsp3) is 0.0909. The molecular formula is C22H20N4O3. The van der Waals surface area contributed by atoms with Gasteiger partial charge < -0.3 is 0 Å². The highest BCUT2D eigenvalue weighted by molar-refractivity contribution is 6.02. The van der Waals surface area contributed by atoms with Gasteiger partial charge in [0.25, 0.3) is 5.91 Å². The van der Waals surface area contributed by atoms with Crippen molar-refractivity contribution in [2.75, 3.05) is 4.90 Å². The molecule has 1 heterocycles. The number of carbonyl (C=O) groups excluding carboxylic acids is 3. The van der Waals surface area contributed by atoms with E-state index in [-0.39, 0.29) is 18.7 Å². The number of hydrogen-bond donors (Lipinski definition) is 2. The molecule has 3 aromatic rings. The Morgan fingerprint density at radius 2 is 1.28 bits per heavy atom. The summed E-state index contributed by atoms with van der Waals surface area (Å²) in [7, 11) is 0. The standard InChI is InChI=1S/C22H20N4O3/c27-20(24-25-22(29)17-13-15-23-16-14-17)11-12-21(28)26(18-7-3-1-4-8-18)19-9-5-2-6-10-19/h1-10,13-16H,11-12H2,(H,24,27)(H,25,29). The minimum Gasteiger partial charge on any atom is -0.281 e. The Morgan fingerprint density at radius 3 is 1.83 bits per heavy atom. The van der Waals surface area contributed by atoms with Crippen LogP contribution in [-0.2, 0) is 9.59 Å². The summed E-state index contributed by atoms with van der Waals surface area (Å²) in [6, 6.07) is 21.5. The molecule has 7 heteroatoms. The molecule has 0 atom stereocenters. The van der Waals surface area contributed by atoms with Crippen LogP contribution in [0.3, 0.4) is 0 Å². The molecule has 0 spiro atoms. The Balaban J connectivity index is 1.59. The predicted octanol–water partition coefficient (Wildman–Crippen LogP) is 2.99. The van der Waals surface area contributed by atoms with Crippen molar-refractivity contribution in [2.45, 2.75) is 12.8 Å². The lowest BCUT2D eigenvalue weighted by Crippen LogP contribution is -2.42. The summed E-state index contributed by atoms with van der Waals surface area (Å²) in [5.74, 6) is -1.14. The van der Waals surface area contributed by atoms with Crippen molar-refractivity contribution in [2.24, 2.45) is 0 Å². The summed E-state index contributed by atoms with van der Waals surface area (Å²) in [4.78, 5) is 42.3. The molecule has 0 aliphatic heterocycles. The van der Waals surface area contributed by atoms with Gasteiger partial charge in [0.15, 0.2) is 0 Å². The molecule has 29 heavy (non-hydrogen) atoms. The van der Waals surface area contributed by atoms with Gasteiger partial charge in [-0.1, -0.05) is 36.4 Å². The maximum Gasteiger partial charge on any atom is 0.269 e. The minimum atomic E-state index is -0.457. The Labute approximate surface area is 168 Å². The number of hydrazine groups is 1. The van der Waals surface area contributed by atoms with Crippen LogP contribution < -0.4 is 15.8 Å². The van der Waals surface area contributed by atoms with Crippen LogP contribution in [0, 0.1) is 0 Å². The molecular weight excluding hydrogens is 368 g/mol. The zero-order valence-corrected chi connectivity index (χ0v) is 15.6. The molecule has 0 aliphatic carbocycles. The lowest BCUT2D eigenvalue weighted by Gasteiger charge is -2.23. The van der Waals surface area contributed by atoms with Gasteiger partial charge in [0, 0.05) is 42.2 Å². The normalized spacial score (nSPS) is 10.1. The molecule has 0 unspecified atom stereocenters. The highest BCUT2D eigenvalue weighted by Gasteiger charge is 2.19. The number of pyridine rings is 1. The molecule has 2 aromatic carbocycles. The second-order valence-electron chi connectivity index (χ2n) is 6.14. The van der Waals surface area contributed by atoms with Crippen LogP contribution in [-0.4, -0.2) is 22.7 Å². The molecule has 3 rings (SSSR count). The van der Waals surface area contributed by atoms with E-state index in [0.29, 0.717) is 5.56 Å². The third-order valence-electron chi connectivity index (χ3n) is 4.10. The van der Waals surface area contributed by atoms with Gasteiger partial charge in [-0.05, 0) is 36.4 Å². The summed E-state index contributed by atoms with van der Waals surface area (Å²) in [5, 5.41) is 0. The molecule has 2 N–H and O–H groups in total. The monoisotopic (exact) mass is 388 g/mol. The number of aromatic nitrogens is 1. The third kappa shape index (κ3) is 5.49. The van der Waals surface area contributed by atoms with Crippen LogP contribution in [0.4, 0.5) is 11.4 Å². The van der Waals surface area contributed by atoms with Crippen molar-refractivity contribution < 1.29 is 14.4 Å². The Morgan fingerprint density at radius 1 is 0.724 bits per heavy atom. The quantitative estimate of drug-likeness (QED) is 0.635. The van der Waals surface area contributed by atoms with Crippen LogP contribution in [0.25, 0.3) is 0 Å². The molecule has 0 saturated carbocycles. The van der Waals surface area contributed by atoms with E-state index in [4.69, 9.17) is 0 Å². The van der Waals surface area contributed by atoms with Crippen LogP contribution >= 0.6 is 0 Å². The summed E-state index contributed by atoms with van der Waals surface area (Å²) in [6.07, 6.45) is 2.89. The fourth-order valence-electron chi connectivity index (χ4n) is 2.69. The zero-order valence-electron chi connectivity index (χ0n) is 15.6. The molecule has 7 nitrogen and oxygen atoms in total. The largest absolute Gasteiger partial charge is 0.281 e. The van der Waals surface area contributed by atoms with E-state index in [1.54, 1.807) is 4.90 Å². The Hall–Kier alpha value is -4.00. The number of nitrogens with one attached hydrogen (secondary N) is 2. The summed E-state index contributed by atoms with van der Waals surface area (Å²) in [5.41, 5.74) is 6.46. The first-order valence-corrected chi connectivity index (χ1v) is 9.07. The number of benzene rings is 2. The first-order chi connectivity index (χ1) is 14.1. The first kappa shape index (κ1) is 19.8. The average Bonchev–Trinajstić information content (AvgIpc) is 2.78. The van der Waals surface area contributed by atoms with E-state index in [1.807, 2.05) is 60.7 Å². The van der Waals surface area contributed by atoms with Crippen molar-refractivity contribution >= 4 is 29.1 Å². The van der Waals surface area contributed by atoms with E-state index in [2.05, 4.69) is 15.8 Å². The lowest BCUT2D eigenvalue weighted by molar-refractivity contribution is -0.125. The number of nitrogens with zero attached hydrogens (tertiary/aromatic N) is 2. The van der Waals surface area contributed by atoms with Gasteiger partial charge in [0.05, 0.1) is 0 Å². The molecule has 0 aliphatic rings. The van der Waals surface area contributed by atoms with Crippen molar-refractivity contribution in [3.8, 4) is 0 Å². The number of para-hydroxylation sites is 2. The molecule has 3 amide bonds. The minimum absolute atomic E-state index is 0.0131. The number of carbonyl (C=O) groups is 3. The van der Waals surface area contributed by atoms with Crippen molar-refractivity contribution in [1.82, 2.24) is 15.8 Å².